The first kappa shape index (κ1) is 13.4. The van der Waals surface area contributed by atoms with E-state index < -0.39 is 5.97 Å². The topological polar surface area (TPSA) is 69.6 Å². The van der Waals surface area contributed by atoms with Crippen molar-refractivity contribution in [3.8, 4) is 0 Å². The molecule has 0 radical (unpaired) electrons. The maximum atomic E-state index is 11.7. The van der Waals surface area contributed by atoms with Crippen LogP contribution in [0.25, 0.3) is 0 Å². The van der Waals surface area contributed by atoms with Gasteiger partial charge in [-0.15, -0.1) is 0 Å². The van der Waals surface area contributed by atoms with Gasteiger partial charge >= 0.3 is 5.97 Å². The van der Waals surface area contributed by atoms with Gasteiger partial charge in [-0.2, -0.15) is 0 Å². The van der Waals surface area contributed by atoms with Gasteiger partial charge in [0.1, 0.15) is 0 Å². The number of rotatable bonds is 1. The number of hydrogen-bond donors (Lipinski definition) is 2. The molecule has 0 atom stereocenters. The molecule has 2 N–H and O–H groups in total. The lowest BCUT2D eigenvalue weighted by Crippen LogP contribution is -2.42. The number of benzene rings is 1. The van der Waals surface area contributed by atoms with E-state index in [0.717, 1.165) is 0 Å². The smallest absolute Gasteiger partial charge is 0.337 e. The Kier molecular flexibility index (Phi) is 3.22. The van der Waals surface area contributed by atoms with Crippen molar-refractivity contribution in [1.82, 2.24) is 0 Å². The van der Waals surface area contributed by atoms with Crippen LogP contribution in [0, 0.1) is 0 Å². The fraction of sp³-hybridized carbons (Fsp3) is 0.429. The van der Waals surface area contributed by atoms with E-state index in [2.05, 4.69) is 5.32 Å². The average Bonchev–Trinajstić information content (AvgIpc) is 2.45. The minimum Gasteiger partial charge on any atom is -0.478 e. The molecule has 0 saturated carbocycles. The van der Waals surface area contributed by atoms with E-state index in [4.69, 9.17) is 0 Å². The highest BCUT2D eigenvalue weighted by atomic mass is 16.4. The number of aromatic carboxylic acids is 1. The fourth-order valence-corrected chi connectivity index (χ4v) is 2.32. The Morgan fingerprint density at radius 1 is 1.37 bits per heavy atom. The summed E-state index contributed by atoms with van der Waals surface area (Å²) in [5, 5.41) is 12.1. The molecule has 1 aromatic rings. The van der Waals surface area contributed by atoms with E-state index in [1.54, 1.807) is 18.2 Å². The molecule has 19 heavy (non-hydrogen) atoms. The average molecular weight is 262 g/mol. The van der Waals surface area contributed by atoms with Crippen molar-refractivity contribution in [1.29, 1.82) is 0 Å². The quantitative estimate of drug-likeness (QED) is 0.815. The Balaban J connectivity index is 2.65. The number of anilines is 2. The summed E-state index contributed by atoms with van der Waals surface area (Å²) in [7, 11) is 0. The molecule has 2 rings (SSSR count). The molecule has 0 aromatic heterocycles. The first-order valence-corrected chi connectivity index (χ1v) is 6.24. The molecule has 102 valence electrons. The minimum absolute atomic E-state index is 0.0875. The van der Waals surface area contributed by atoms with Crippen LogP contribution in [0.3, 0.4) is 0 Å². The van der Waals surface area contributed by atoms with Gasteiger partial charge < -0.3 is 15.3 Å². The normalized spacial score (nSPS) is 15.5. The van der Waals surface area contributed by atoms with Crippen molar-refractivity contribution in [2.24, 2.45) is 0 Å². The monoisotopic (exact) mass is 262 g/mol. The predicted octanol–water partition coefficient (Wildman–Crippen LogP) is 2.33. The number of carbonyl (C=O) groups excluding carboxylic acids is 1. The van der Waals surface area contributed by atoms with Crippen LogP contribution in [-0.2, 0) is 4.79 Å². The number of carbonyl (C=O) groups is 2. The maximum Gasteiger partial charge on any atom is 0.337 e. The molecule has 0 fully saturated rings. The summed E-state index contributed by atoms with van der Waals surface area (Å²) in [6.45, 7) is 6.52. The number of amides is 1. The summed E-state index contributed by atoms with van der Waals surface area (Å²) < 4.78 is 0. The van der Waals surface area contributed by atoms with Gasteiger partial charge in [-0.3, -0.25) is 4.79 Å². The van der Waals surface area contributed by atoms with Crippen molar-refractivity contribution in [3.05, 3.63) is 23.8 Å². The van der Waals surface area contributed by atoms with Crippen LogP contribution in [0.1, 0.15) is 37.6 Å². The Morgan fingerprint density at radius 3 is 2.63 bits per heavy atom. The number of hydrogen-bond acceptors (Lipinski definition) is 3. The van der Waals surface area contributed by atoms with Crippen LogP contribution in [-0.4, -0.2) is 29.1 Å². The molecule has 1 aromatic carbocycles. The lowest BCUT2D eigenvalue weighted by Gasteiger charge is -2.38. The standard InChI is InChI=1S/C14H18N2O3/c1-14(2,3)16-8-7-11(17)15-10-6-4-5-9(12(10)16)13(18)19/h4-6H,7-8H2,1-3H3,(H,15,17)(H,18,19). The SMILES string of the molecule is CC(C)(C)N1CCC(=O)Nc2cccc(C(=O)O)c21. The molecule has 0 unspecified atom stereocenters. The van der Waals surface area contributed by atoms with E-state index in [9.17, 15) is 14.7 Å². The summed E-state index contributed by atoms with van der Waals surface area (Å²) >= 11 is 0. The van der Waals surface area contributed by atoms with Gasteiger partial charge in [0.25, 0.3) is 0 Å². The summed E-state index contributed by atoms with van der Waals surface area (Å²) in [6, 6.07) is 4.95. The van der Waals surface area contributed by atoms with Gasteiger partial charge in [0, 0.05) is 18.5 Å². The van der Waals surface area contributed by atoms with Crippen molar-refractivity contribution in [3.63, 3.8) is 0 Å². The molecular weight excluding hydrogens is 244 g/mol. The maximum absolute atomic E-state index is 11.7. The Labute approximate surface area is 112 Å². The van der Waals surface area contributed by atoms with Crippen LogP contribution in [0.5, 0.6) is 0 Å². The van der Waals surface area contributed by atoms with Gasteiger partial charge in [0.2, 0.25) is 5.91 Å². The predicted molar refractivity (Wildman–Crippen MR) is 73.7 cm³/mol. The number of nitrogens with zero attached hydrogens (tertiary/aromatic N) is 1. The number of carboxylic acid groups (broad SMARTS) is 1. The van der Waals surface area contributed by atoms with E-state index >= 15 is 0 Å². The van der Waals surface area contributed by atoms with Crippen LogP contribution < -0.4 is 10.2 Å². The third-order valence-corrected chi connectivity index (χ3v) is 3.18. The van der Waals surface area contributed by atoms with Crippen LogP contribution in [0.2, 0.25) is 0 Å². The second-order valence-electron chi connectivity index (χ2n) is 5.63. The number of nitrogens with one attached hydrogen (secondary N) is 1. The zero-order chi connectivity index (χ0) is 14.2. The first-order valence-electron chi connectivity index (χ1n) is 6.24. The second kappa shape index (κ2) is 4.57. The Morgan fingerprint density at radius 2 is 2.05 bits per heavy atom. The molecule has 0 bridgehead atoms. The molecule has 1 aliphatic heterocycles. The highest BCUT2D eigenvalue weighted by Gasteiger charge is 2.30. The number of fused-ring (bicyclic) bond motifs is 1. The molecule has 1 amide bonds. The van der Waals surface area contributed by atoms with Crippen LogP contribution in [0.4, 0.5) is 11.4 Å². The summed E-state index contributed by atoms with van der Waals surface area (Å²) in [5.74, 6) is -1.07. The van der Waals surface area contributed by atoms with Crippen LogP contribution in [0.15, 0.2) is 18.2 Å². The van der Waals surface area contributed by atoms with Gasteiger partial charge in [-0.25, -0.2) is 4.79 Å². The lowest BCUT2D eigenvalue weighted by atomic mass is 10.0. The Hall–Kier alpha value is -2.04. The summed E-state index contributed by atoms with van der Waals surface area (Å²) in [4.78, 5) is 25.1. The lowest BCUT2D eigenvalue weighted by molar-refractivity contribution is -0.116. The van der Waals surface area contributed by atoms with Crippen LogP contribution >= 0.6 is 0 Å². The fourth-order valence-electron chi connectivity index (χ4n) is 2.32. The summed E-state index contributed by atoms with van der Waals surface area (Å²) in [5.41, 5.74) is 1.12. The summed E-state index contributed by atoms with van der Waals surface area (Å²) in [6.07, 6.45) is 0.352. The number of para-hydroxylation sites is 1. The Bertz CT molecular complexity index is 532. The molecule has 1 heterocycles. The zero-order valence-corrected chi connectivity index (χ0v) is 11.4. The largest absolute Gasteiger partial charge is 0.478 e. The van der Waals surface area contributed by atoms with E-state index in [1.807, 2.05) is 25.7 Å². The zero-order valence-electron chi connectivity index (χ0n) is 11.4. The molecule has 0 aliphatic carbocycles. The number of carboxylic acids is 1. The highest BCUT2D eigenvalue weighted by Crippen LogP contribution is 2.36. The molecule has 0 spiro atoms. The van der Waals surface area contributed by atoms with E-state index in [0.29, 0.717) is 24.3 Å². The van der Waals surface area contributed by atoms with Crippen molar-refractivity contribution in [2.45, 2.75) is 32.7 Å². The van der Waals surface area contributed by atoms with Gasteiger partial charge in [-0.1, -0.05) is 6.07 Å². The van der Waals surface area contributed by atoms with Gasteiger partial charge in [0.15, 0.2) is 0 Å². The molecule has 5 heteroatoms. The third-order valence-electron chi connectivity index (χ3n) is 3.18. The van der Waals surface area contributed by atoms with Crippen molar-refractivity contribution >= 4 is 23.3 Å². The van der Waals surface area contributed by atoms with Gasteiger partial charge in [-0.05, 0) is 32.9 Å². The van der Waals surface area contributed by atoms with E-state index in [-0.39, 0.29) is 17.0 Å². The van der Waals surface area contributed by atoms with Crippen molar-refractivity contribution in [2.75, 3.05) is 16.8 Å². The van der Waals surface area contributed by atoms with E-state index in [1.165, 1.54) is 0 Å². The minimum atomic E-state index is -0.984. The molecule has 5 nitrogen and oxygen atoms in total. The first-order chi connectivity index (χ1) is 8.80. The molecular formula is C14H18N2O3. The van der Waals surface area contributed by atoms with Gasteiger partial charge in [0.05, 0.1) is 16.9 Å². The molecule has 0 saturated heterocycles. The highest BCUT2D eigenvalue weighted by molar-refractivity contribution is 6.04. The third kappa shape index (κ3) is 2.54. The second-order valence-corrected chi connectivity index (χ2v) is 5.63. The van der Waals surface area contributed by atoms with Crippen molar-refractivity contribution < 1.29 is 14.7 Å². The molecule has 1 aliphatic rings.